The lowest BCUT2D eigenvalue weighted by Crippen LogP contribution is -1.95. The standard InChI is InChI=1S/C14H15NO3S/c1-9-4-3-5-10(8-9)12-13(14(16)17)19-11(15-12)6-7-18-2/h3-5,8H,6-7H2,1-2H3,(H,16,17). The first-order valence-electron chi connectivity index (χ1n) is 5.91. The highest BCUT2D eigenvalue weighted by Crippen LogP contribution is 2.29. The van der Waals surface area contributed by atoms with Crippen LogP contribution >= 0.6 is 11.3 Å². The molecular formula is C14H15NO3S. The molecule has 0 unspecified atom stereocenters. The lowest BCUT2D eigenvalue weighted by molar-refractivity contribution is 0.0702. The number of aryl methyl sites for hydroxylation is 1. The lowest BCUT2D eigenvalue weighted by Gasteiger charge is -2.00. The number of carboxylic acid groups (broad SMARTS) is 1. The van der Waals surface area contributed by atoms with Gasteiger partial charge in [-0.3, -0.25) is 0 Å². The van der Waals surface area contributed by atoms with Crippen molar-refractivity contribution in [2.24, 2.45) is 0 Å². The van der Waals surface area contributed by atoms with Crippen LogP contribution in [0.3, 0.4) is 0 Å². The minimum atomic E-state index is -0.933. The summed E-state index contributed by atoms with van der Waals surface area (Å²) in [6, 6.07) is 7.71. The van der Waals surface area contributed by atoms with Crippen LogP contribution in [0.4, 0.5) is 0 Å². The summed E-state index contributed by atoms with van der Waals surface area (Å²) in [6.07, 6.45) is 0.632. The largest absolute Gasteiger partial charge is 0.477 e. The average Bonchev–Trinajstić information content (AvgIpc) is 2.80. The van der Waals surface area contributed by atoms with Crippen molar-refractivity contribution < 1.29 is 14.6 Å². The second-order valence-electron chi connectivity index (χ2n) is 4.20. The molecule has 0 amide bonds. The molecule has 0 saturated heterocycles. The Kier molecular flexibility index (Phi) is 4.29. The average molecular weight is 277 g/mol. The molecule has 100 valence electrons. The van der Waals surface area contributed by atoms with Gasteiger partial charge in [-0.2, -0.15) is 0 Å². The van der Waals surface area contributed by atoms with Gasteiger partial charge < -0.3 is 9.84 Å². The minimum Gasteiger partial charge on any atom is -0.477 e. The molecule has 5 heteroatoms. The molecule has 0 fully saturated rings. The predicted molar refractivity (Wildman–Crippen MR) is 74.8 cm³/mol. The van der Waals surface area contributed by atoms with Crippen LogP contribution in [-0.2, 0) is 11.2 Å². The van der Waals surface area contributed by atoms with Crippen molar-refractivity contribution in [1.82, 2.24) is 4.98 Å². The second-order valence-corrected chi connectivity index (χ2v) is 5.29. The van der Waals surface area contributed by atoms with E-state index in [0.29, 0.717) is 18.7 Å². The van der Waals surface area contributed by atoms with Gasteiger partial charge >= 0.3 is 5.97 Å². The van der Waals surface area contributed by atoms with Gasteiger partial charge in [0.05, 0.1) is 17.3 Å². The molecule has 0 aliphatic rings. The van der Waals surface area contributed by atoms with E-state index in [4.69, 9.17) is 4.74 Å². The number of rotatable bonds is 5. The fourth-order valence-electron chi connectivity index (χ4n) is 1.79. The number of carboxylic acids is 1. The zero-order valence-corrected chi connectivity index (χ0v) is 11.7. The maximum Gasteiger partial charge on any atom is 0.348 e. The van der Waals surface area contributed by atoms with Gasteiger partial charge in [-0.25, -0.2) is 9.78 Å². The number of hydrogen-bond donors (Lipinski definition) is 1. The molecule has 0 atom stereocenters. The first-order chi connectivity index (χ1) is 9.11. The molecule has 0 radical (unpaired) electrons. The Balaban J connectivity index is 2.43. The zero-order chi connectivity index (χ0) is 13.8. The molecule has 1 heterocycles. The fourth-order valence-corrected chi connectivity index (χ4v) is 2.70. The Morgan fingerprint density at radius 3 is 2.89 bits per heavy atom. The number of aromatic carboxylic acids is 1. The van der Waals surface area contributed by atoms with E-state index in [2.05, 4.69) is 4.98 Å². The Morgan fingerprint density at radius 1 is 1.47 bits per heavy atom. The van der Waals surface area contributed by atoms with E-state index in [1.54, 1.807) is 7.11 Å². The van der Waals surface area contributed by atoms with Crippen molar-refractivity contribution in [2.75, 3.05) is 13.7 Å². The smallest absolute Gasteiger partial charge is 0.348 e. The number of nitrogens with zero attached hydrogens (tertiary/aromatic N) is 1. The molecule has 0 aliphatic carbocycles. The Labute approximate surface area is 115 Å². The maximum atomic E-state index is 11.3. The predicted octanol–water partition coefficient (Wildman–Crippen LogP) is 3.01. The second kappa shape index (κ2) is 5.95. The quantitative estimate of drug-likeness (QED) is 0.912. The number of aromatic nitrogens is 1. The Hall–Kier alpha value is -1.72. The Bertz CT molecular complexity index is 592. The van der Waals surface area contributed by atoms with Crippen LogP contribution in [0.1, 0.15) is 20.2 Å². The van der Waals surface area contributed by atoms with Crippen LogP contribution in [0, 0.1) is 6.92 Å². The third kappa shape index (κ3) is 3.19. The molecule has 1 aromatic heterocycles. The molecular weight excluding hydrogens is 262 g/mol. The van der Waals surface area contributed by atoms with Crippen molar-refractivity contribution in [3.63, 3.8) is 0 Å². The SMILES string of the molecule is COCCc1nc(-c2cccc(C)c2)c(C(=O)O)s1. The molecule has 0 spiro atoms. The molecule has 1 aromatic carbocycles. The highest BCUT2D eigenvalue weighted by atomic mass is 32.1. The Morgan fingerprint density at radius 2 is 2.26 bits per heavy atom. The van der Waals surface area contributed by atoms with Crippen molar-refractivity contribution >= 4 is 17.3 Å². The highest BCUT2D eigenvalue weighted by molar-refractivity contribution is 7.14. The molecule has 2 rings (SSSR count). The number of thiazole rings is 1. The normalized spacial score (nSPS) is 10.6. The number of benzene rings is 1. The van der Waals surface area contributed by atoms with Crippen molar-refractivity contribution in [2.45, 2.75) is 13.3 Å². The van der Waals surface area contributed by atoms with Gasteiger partial charge in [0.2, 0.25) is 0 Å². The van der Waals surface area contributed by atoms with E-state index in [0.717, 1.165) is 16.1 Å². The van der Waals surface area contributed by atoms with E-state index in [1.807, 2.05) is 31.2 Å². The molecule has 19 heavy (non-hydrogen) atoms. The van der Waals surface area contributed by atoms with Gasteiger partial charge in [-0.05, 0) is 13.0 Å². The third-order valence-corrected chi connectivity index (χ3v) is 3.78. The van der Waals surface area contributed by atoms with Crippen molar-refractivity contribution in [3.8, 4) is 11.3 Å². The first-order valence-corrected chi connectivity index (χ1v) is 6.72. The monoisotopic (exact) mass is 277 g/mol. The molecule has 1 N–H and O–H groups in total. The summed E-state index contributed by atoms with van der Waals surface area (Å²) in [7, 11) is 1.62. The maximum absolute atomic E-state index is 11.3. The first kappa shape index (κ1) is 13.7. The van der Waals surface area contributed by atoms with Gasteiger partial charge in [0, 0.05) is 19.1 Å². The van der Waals surface area contributed by atoms with E-state index in [9.17, 15) is 9.90 Å². The van der Waals surface area contributed by atoms with Crippen LogP contribution in [-0.4, -0.2) is 29.8 Å². The molecule has 0 aliphatic heterocycles. The highest BCUT2D eigenvalue weighted by Gasteiger charge is 2.18. The van der Waals surface area contributed by atoms with Crippen LogP contribution in [0.5, 0.6) is 0 Å². The lowest BCUT2D eigenvalue weighted by atomic mass is 10.1. The summed E-state index contributed by atoms with van der Waals surface area (Å²) < 4.78 is 5.00. The van der Waals surface area contributed by atoms with E-state index in [-0.39, 0.29) is 4.88 Å². The van der Waals surface area contributed by atoms with Gasteiger partial charge in [-0.15, -0.1) is 11.3 Å². The van der Waals surface area contributed by atoms with Gasteiger partial charge in [0.25, 0.3) is 0 Å². The molecule has 4 nitrogen and oxygen atoms in total. The summed E-state index contributed by atoms with van der Waals surface area (Å²) in [5.74, 6) is -0.933. The topological polar surface area (TPSA) is 59.4 Å². The van der Waals surface area contributed by atoms with Gasteiger partial charge in [0.15, 0.2) is 0 Å². The van der Waals surface area contributed by atoms with Crippen molar-refractivity contribution in [1.29, 1.82) is 0 Å². The summed E-state index contributed by atoms with van der Waals surface area (Å²) in [6.45, 7) is 2.52. The fraction of sp³-hybridized carbons (Fsp3) is 0.286. The van der Waals surface area contributed by atoms with E-state index in [1.165, 1.54) is 11.3 Å². The molecule has 0 saturated carbocycles. The summed E-state index contributed by atoms with van der Waals surface area (Å²) in [4.78, 5) is 16.0. The van der Waals surface area contributed by atoms with Crippen LogP contribution in [0.25, 0.3) is 11.3 Å². The van der Waals surface area contributed by atoms with Crippen LogP contribution < -0.4 is 0 Å². The number of carbonyl (C=O) groups is 1. The summed E-state index contributed by atoms with van der Waals surface area (Å²) in [5, 5.41) is 10.1. The summed E-state index contributed by atoms with van der Waals surface area (Å²) in [5.41, 5.74) is 2.48. The summed E-state index contributed by atoms with van der Waals surface area (Å²) >= 11 is 1.22. The van der Waals surface area contributed by atoms with E-state index < -0.39 is 5.97 Å². The molecule has 0 bridgehead atoms. The van der Waals surface area contributed by atoms with Crippen LogP contribution in [0.15, 0.2) is 24.3 Å². The van der Waals surface area contributed by atoms with Gasteiger partial charge in [-0.1, -0.05) is 23.8 Å². The number of hydrogen-bond acceptors (Lipinski definition) is 4. The van der Waals surface area contributed by atoms with Gasteiger partial charge in [0.1, 0.15) is 4.88 Å². The number of ether oxygens (including phenoxy) is 1. The number of methoxy groups -OCH3 is 1. The van der Waals surface area contributed by atoms with Crippen LogP contribution in [0.2, 0.25) is 0 Å². The van der Waals surface area contributed by atoms with Crippen molar-refractivity contribution in [3.05, 3.63) is 39.7 Å². The minimum absolute atomic E-state index is 0.289. The zero-order valence-electron chi connectivity index (χ0n) is 10.8. The molecule has 2 aromatic rings. The van der Waals surface area contributed by atoms with E-state index >= 15 is 0 Å². The third-order valence-electron chi connectivity index (χ3n) is 2.68.